The predicted octanol–water partition coefficient (Wildman–Crippen LogP) is 2.74. The molecule has 0 saturated carbocycles. The van der Waals surface area contributed by atoms with E-state index in [0.29, 0.717) is 11.9 Å². The van der Waals surface area contributed by atoms with Gasteiger partial charge in [0.15, 0.2) is 5.82 Å². The minimum Gasteiger partial charge on any atom is -0.382 e. The average Bonchev–Trinajstić information content (AvgIpc) is 2.27. The quantitative estimate of drug-likeness (QED) is 0.820. The van der Waals surface area contributed by atoms with Gasteiger partial charge in [-0.1, -0.05) is 13.3 Å². The molecule has 1 unspecified atom stereocenters. The molecule has 1 aliphatic rings. The molecule has 1 aromatic heterocycles. The van der Waals surface area contributed by atoms with Crippen LogP contribution in [-0.2, 0) is 0 Å². The van der Waals surface area contributed by atoms with Gasteiger partial charge in [0.2, 0.25) is 0 Å². The summed E-state index contributed by atoms with van der Waals surface area (Å²) in [5.41, 5.74) is 8.78. The smallest absolute Gasteiger partial charge is 0.151 e. The van der Waals surface area contributed by atoms with Crippen LogP contribution in [0, 0.1) is 0 Å². The number of pyridine rings is 1. The van der Waals surface area contributed by atoms with Crippen LogP contribution in [0.25, 0.3) is 0 Å². The fourth-order valence-electron chi connectivity index (χ4n) is 1.89. The number of nitrogens with two attached hydrogens (primary N) is 1. The van der Waals surface area contributed by atoms with Crippen molar-refractivity contribution in [2.45, 2.75) is 39.2 Å². The molecule has 4 nitrogen and oxygen atoms in total. The molecule has 2 rings (SSSR count). The largest absolute Gasteiger partial charge is 0.382 e. The number of nitrogens with one attached hydrogen (secondary N) is 1. The number of aliphatic imine (C=N–C) groups is 1. The first-order chi connectivity index (χ1) is 7.72. The van der Waals surface area contributed by atoms with Crippen molar-refractivity contribution in [3.63, 3.8) is 0 Å². The highest BCUT2D eigenvalue weighted by Gasteiger charge is 2.19. The van der Waals surface area contributed by atoms with Crippen LogP contribution < -0.4 is 11.1 Å². The maximum atomic E-state index is 5.82. The molecule has 0 bridgehead atoms. The molecule has 0 spiro atoms. The van der Waals surface area contributed by atoms with E-state index in [1.54, 1.807) is 6.20 Å². The highest BCUT2D eigenvalue weighted by Crippen LogP contribution is 2.34. The average molecular weight is 218 g/mol. The standard InChI is InChI=1S/C12H18N4/c1-3-4-5-9-8(2)15-10-6-7-14-12(13)11(10)16-9/h6-8,15H,3-5H2,1-2H3,(H2,13,14). The number of nitrogens with zero attached hydrogens (tertiary/aromatic N) is 2. The number of fused-ring (bicyclic) bond motifs is 1. The van der Waals surface area contributed by atoms with E-state index in [-0.39, 0.29) is 0 Å². The fraction of sp³-hybridized carbons (Fsp3) is 0.500. The molecule has 0 fully saturated rings. The number of unbranched alkanes of at least 4 members (excludes halogenated alkanes) is 1. The number of anilines is 2. The summed E-state index contributed by atoms with van der Waals surface area (Å²) in [5, 5.41) is 3.41. The second-order valence-corrected chi connectivity index (χ2v) is 4.17. The number of aromatic nitrogens is 1. The summed E-state index contributed by atoms with van der Waals surface area (Å²) in [7, 11) is 0. The van der Waals surface area contributed by atoms with Crippen LogP contribution in [-0.4, -0.2) is 16.7 Å². The Morgan fingerprint density at radius 3 is 3.06 bits per heavy atom. The Kier molecular flexibility index (Phi) is 3.08. The van der Waals surface area contributed by atoms with Crippen molar-refractivity contribution in [1.29, 1.82) is 0 Å². The van der Waals surface area contributed by atoms with E-state index in [4.69, 9.17) is 5.73 Å². The minimum atomic E-state index is 0.292. The number of nitrogen functional groups attached to an aromatic ring is 1. The van der Waals surface area contributed by atoms with Crippen molar-refractivity contribution >= 4 is 22.9 Å². The summed E-state index contributed by atoms with van der Waals surface area (Å²) in [6, 6.07) is 2.21. The molecule has 0 radical (unpaired) electrons. The Labute approximate surface area is 96.0 Å². The zero-order valence-corrected chi connectivity index (χ0v) is 9.83. The van der Waals surface area contributed by atoms with E-state index in [1.165, 1.54) is 18.6 Å². The van der Waals surface area contributed by atoms with Gasteiger partial charge in [-0.05, 0) is 25.8 Å². The molecule has 1 aliphatic heterocycles. The third-order valence-corrected chi connectivity index (χ3v) is 2.87. The highest BCUT2D eigenvalue weighted by atomic mass is 15.0. The van der Waals surface area contributed by atoms with Crippen molar-refractivity contribution in [3.05, 3.63) is 12.3 Å². The minimum absolute atomic E-state index is 0.292. The molecule has 0 amide bonds. The fourth-order valence-corrected chi connectivity index (χ4v) is 1.89. The van der Waals surface area contributed by atoms with Gasteiger partial charge < -0.3 is 11.1 Å². The highest BCUT2D eigenvalue weighted by molar-refractivity contribution is 5.99. The van der Waals surface area contributed by atoms with Crippen LogP contribution in [0.4, 0.5) is 17.2 Å². The summed E-state index contributed by atoms with van der Waals surface area (Å²) >= 11 is 0. The second-order valence-electron chi connectivity index (χ2n) is 4.17. The number of hydrogen-bond donors (Lipinski definition) is 2. The van der Waals surface area contributed by atoms with Gasteiger partial charge in [-0.15, -0.1) is 0 Å². The Morgan fingerprint density at radius 2 is 2.31 bits per heavy atom. The maximum Gasteiger partial charge on any atom is 0.151 e. The lowest BCUT2D eigenvalue weighted by Crippen LogP contribution is -2.29. The summed E-state index contributed by atoms with van der Waals surface area (Å²) in [6.07, 6.45) is 5.08. The lowest BCUT2D eigenvalue weighted by Gasteiger charge is -2.24. The maximum absolute atomic E-state index is 5.82. The molecular formula is C12H18N4. The molecular weight excluding hydrogens is 200 g/mol. The van der Waals surface area contributed by atoms with Gasteiger partial charge in [0.05, 0.1) is 11.7 Å². The van der Waals surface area contributed by atoms with E-state index in [9.17, 15) is 0 Å². The molecule has 0 saturated heterocycles. The van der Waals surface area contributed by atoms with E-state index in [0.717, 1.165) is 17.8 Å². The Bertz CT molecular complexity index is 411. The van der Waals surface area contributed by atoms with E-state index < -0.39 is 0 Å². The zero-order valence-electron chi connectivity index (χ0n) is 9.83. The van der Waals surface area contributed by atoms with Crippen LogP contribution >= 0.6 is 0 Å². The van der Waals surface area contributed by atoms with Crippen molar-refractivity contribution in [3.8, 4) is 0 Å². The summed E-state index contributed by atoms with van der Waals surface area (Å²) in [6.45, 7) is 4.32. The molecule has 2 heterocycles. The van der Waals surface area contributed by atoms with E-state index >= 15 is 0 Å². The van der Waals surface area contributed by atoms with Crippen molar-refractivity contribution in [2.24, 2.45) is 4.99 Å². The van der Waals surface area contributed by atoms with E-state index in [2.05, 4.69) is 29.1 Å². The van der Waals surface area contributed by atoms with Gasteiger partial charge >= 0.3 is 0 Å². The monoisotopic (exact) mass is 218 g/mol. The van der Waals surface area contributed by atoms with Crippen molar-refractivity contribution in [2.75, 3.05) is 11.1 Å². The van der Waals surface area contributed by atoms with Crippen molar-refractivity contribution < 1.29 is 0 Å². The van der Waals surface area contributed by atoms with Gasteiger partial charge in [0, 0.05) is 11.9 Å². The van der Waals surface area contributed by atoms with Crippen LogP contribution in [0.5, 0.6) is 0 Å². The van der Waals surface area contributed by atoms with Crippen LogP contribution in [0.15, 0.2) is 17.3 Å². The number of rotatable bonds is 3. The molecule has 0 aromatic carbocycles. The Morgan fingerprint density at radius 1 is 1.50 bits per heavy atom. The Hall–Kier alpha value is -1.58. The van der Waals surface area contributed by atoms with Gasteiger partial charge in [-0.25, -0.2) is 9.98 Å². The predicted molar refractivity (Wildman–Crippen MR) is 68.4 cm³/mol. The van der Waals surface area contributed by atoms with Gasteiger partial charge in [-0.3, -0.25) is 0 Å². The van der Waals surface area contributed by atoms with E-state index in [1.807, 2.05) is 6.07 Å². The molecule has 4 heteroatoms. The lowest BCUT2D eigenvalue weighted by atomic mass is 10.0. The van der Waals surface area contributed by atoms with Gasteiger partial charge in [0.25, 0.3) is 0 Å². The first kappa shape index (κ1) is 10.9. The van der Waals surface area contributed by atoms with Crippen molar-refractivity contribution in [1.82, 2.24) is 4.98 Å². The molecule has 16 heavy (non-hydrogen) atoms. The first-order valence-electron chi connectivity index (χ1n) is 5.81. The molecule has 0 aliphatic carbocycles. The SMILES string of the molecule is CCCCC1=Nc2c(ccnc2N)NC1C. The van der Waals surface area contributed by atoms with Crippen LogP contribution in [0.2, 0.25) is 0 Å². The molecule has 1 aromatic rings. The Balaban J connectivity index is 2.31. The second kappa shape index (κ2) is 4.51. The molecule has 1 atom stereocenters. The van der Waals surface area contributed by atoms with Crippen LogP contribution in [0.1, 0.15) is 33.1 Å². The third kappa shape index (κ3) is 2.01. The zero-order chi connectivity index (χ0) is 11.5. The molecule has 3 N–H and O–H groups in total. The number of hydrogen-bond acceptors (Lipinski definition) is 4. The van der Waals surface area contributed by atoms with Gasteiger partial charge in [0.1, 0.15) is 5.69 Å². The normalized spacial score (nSPS) is 18.6. The van der Waals surface area contributed by atoms with Gasteiger partial charge in [-0.2, -0.15) is 0 Å². The lowest BCUT2D eigenvalue weighted by molar-refractivity contribution is 0.812. The van der Waals surface area contributed by atoms with Crippen LogP contribution in [0.3, 0.4) is 0 Å². The summed E-state index contributed by atoms with van der Waals surface area (Å²) in [4.78, 5) is 8.69. The first-order valence-corrected chi connectivity index (χ1v) is 5.81. The summed E-state index contributed by atoms with van der Waals surface area (Å²) in [5.74, 6) is 0.505. The molecule has 86 valence electrons. The topological polar surface area (TPSA) is 63.3 Å². The summed E-state index contributed by atoms with van der Waals surface area (Å²) < 4.78 is 0. The third-order valence-electron chi connectivity index (χ3n) is 2.87.